The van der Waals surface area contributed by atoms with Crippen molar-refractivity contribution in [1.82, 2.24) is 0 Å². The molecule has 0 radical (unpaired) electrons. The van der Waals surface area contributed by atoms with E-state index in [0.717, 1.165) is 16.7 Å². The third-order valence-electron chi connectivity index (χ3n) is 3.47. The van der Waals surface area contributed by atoms with Crippen LogP contribution >= 0.6 is 11.6 Å². The molecule has 108 valence electrons. The van der Waals surface area contributed by atoms with Crippen LogP contribution in [0.4, 0.5) is 5.69 Å². The molecule has 3 aromatic rings. The number of rotatable bonds is 3. The highest BCUT2D eigenvalue weighted by atomic mass is 35.5. The molecular formula is C18H12ClNO2. The van der Waals surface area contributed by atoms with Crippen molar-refractivity contribution in [1.29, 1.82) is 0 Å². The van der Waals surface area contributed by atoms with Crippen molar-refractivity contribution >= 4 is 17.3 Å². The molecule has 0 heterocycles. The second kappa shape index (κ2) is 6.00. The lowest BCUT2D eigenvalue weighted by Gasteiger charge is -2.11. The summed E-state index contributed by atoms with van der Waals surface area (Å²) in [5.41, 5.74) is 3.13. The fraction of sp³-hybridized carbons (Fsp3) is 0. The summed E-state index contributed by atoms with van der Waals surface area (Å²) in [6.45, 7) is 0. The molecular weight excluding hydrogens is 298 g/mol. The van der Waals surface area contributed by atoms with Gasteiger partial charge in [-0.15, -0.1) is 0 Å². The van der Waals surface area contributed by atoms with Crippen molar-refractivity contribution in [3.8, 4) is 22.3 Å². The normalized spacial score (nSPS) is 10.4. The molecule has 0 fully saturated rings. The number of benzene rings is 3. The van der Waals surface area contributed by atoms with Crippen molar-refractivity contribution in [2.75, 3.05) is 0 Å². The van der Waals surface area contributed by atoms with E-state index in [9.17, 15) is 10.1 Å². The summed E-state index contributed by atoms with van der Waals surface area (Å²) < 4.78 is 0. The van der Waals surface area contributed by atoms with Gasteiger partial charge < -0.3 is 0 Å². The molecule has 0 saturated carbocycles. The molecule has 3 rings (SSSR count). The first kappa shape index (κ1) is 14.3. The molecule has 3 nitrogen and oxygen atoms in total. The molecule has 0 aromatic heterocycles. The van der Waals surface area contributed by atoms with Crippen molar-refractivity contribution in [2.45, 2.75) is 0 Å². The second-order valence-electron chi connectivity index (χ2n) is 4.80. The molecule has 0 amide bonds. The lowest BCUT2D eigenvalue weighted by molar-refractivity contribution is -0.384. The Kier molecular flexibility index (Phi) is 3.90. The summed E-state index contributed by atoms with van der Waals surface area (Å²) in [4.78, 5) is 10.9. The van der Waals surface area contributed by atoms with Crippen LogP contribution in [-0.4, -0.2) is 4.92 Å². The van der Waals surface area contributed by atoms with Gasteiger partial charge >= 0.3 is 0 Å². The van der Waals surface area contributed by atoms with Crippen LogP contribution < -0.4 is 0 Å². The highest BCUT2D eigenvalue weighted by Crippen LogP contribution is 2.41. The molecule has 3 aromatic carbocycles. The van der Waals surface area contributed by atoms with Gasteiger partial charge in [-0.05, 0) is 22.8 Å². The third kappa shape index (κ3) is 2.59. The average molecular weight is 310 g/mol. The van der Waals surface area contributed by atoms with Gasteiger partial charge in [0.05, 0.1) is 15.5 Å². The van der Waals surface area contributed by atoms with Crippen LogP contribution in [0.1, 0.15) is 0 Å². The Hall–Kier alpha value is -2.65. The smallest absolute Gasteiger partial charge is 0.258 e. The number of nitro benzene ring substituents is 1. The maximum Gasteiger partial charge on any atom is 0.278 e. The van der Waals surface area contributed by atoms with Crippen LogP contribution in [0.15, 0.2) is 72.8 Å². The Morgan fingerprint density at radius 3 is 2.09 bits per heavy atom. The van der Waals surface area contributed by atoms with E-state index in [1.165, 1.54) is 6.07 Å². The predicted molar refractivity (Wildman–Crippen MR) is 89.0 cm³/mol. The van der Waals surface area contributed by atoms with Crippen LogP contribution in [0.3, 0.4) is 0 Å². The second-order valence-corrected chi connectivity index (χ2v) is 5.21. The fourth-order valence-corrected chi connectivity index (χ4v) is 2.77. The fourth-order valence-electron chi connectivity index (χ4n) is 2.50. The first-order valence-corrected chi connectivity index (χ1v) is 7.14. The Balaban J connectivity index is 2.30. The lowest BCUT2D eigenvalue weighted by Crippen LogP contribution is -1.94. The van der Waals surface area contributed by atoms with Crippen LogP contribution in [0.25, 0.3) is 22.3 Å². The highest BCUT2D eigenvalue weighted by molar-refractivity contribution is 6.34. The monoisotopic (exact) mass is 309 g/mol. The summed E-state index contributed by atoms with van der Waals surface area (Å²) >= 11 is 6.26. The number of halogens is 1. The lowest BCUT2D eigenvalue weighted by atomic mass is 9.93. The predicted octanol–water partition coefficient (Wildman–Crippen LogP) is 5.58. The first-order valence-electron chi connectivity index (χ1n) is 6.76. The van der Waals surface area contributed by atoms with E-state index in [2.05, 4.69) is 0 Å². The minimum absolute atomic E-state index is 0.0101. The van der Waals surface area contributed by atoms with Gasteiger partial charge in [0.15, 0.2) is 0 Å². The summed E-state index contributed by atoms with van der Waals surface area (Å²) in [6, 6.07) is 22.1. The maximum absolute atomic E-state index is 11.3. The van der Waals surface area contributed by atoms with E-state index in [4.69, 9.17) is 11.6 Å². The Bertz CT molecular complexity index is 832. The summed E-state index contributed by atoms with van der Waals surface area (Å²) in [5, 5.41) is 11.7. The molecule has 0 atom stereocenters. The maximum atomic E-state index is 11.3. The van der Waals surface area contributed by atoms with Gasteiger partial charge in [-0.3, -0.25) is 10.1 Å². The molecule has 0 unspecified atom stereocenters. The average Bonchev–Trinajstić information content (AvgIpc) is 2.55. The molecule has 22 heavy (non-hydrogen) atoms. The van der Waals surface area contributed by atoms with Gasteiger partial charge in [0.25, 0.3) is 5.69 Å². The van der Waals surface area contributed by atoms with Gasteiger partial charge in [0.2, 0.25) is 0 Å². The molecule has 0 aliphatic heterocycles. The van der Waals surface area contributed by atoms with E-state index in [1.54, 1.807) is 12.1 Å². The third-order valence-corrected chi connectivity index (χ3v) is 3.78. The summed E-state index contributed by atoms with van der Waals surface area (Å²) in [7, 11) is 0. The number of hydrogen-bond acceptors (Lipinski definition) is 2. The SMILES string of the molecule is O=[N+]([O-])c1cccc(Cl)c1-c1ccccc1-c1ccccc1. The number of hydrogen-bond donors (Lipinski definition) is 0. The summed E-state index contributed by atoms with van der Waals surface area (Å²) in [5.74, 6) is 0. The van der Waals surface area contributed by atoms with E-state index in [1.807, 2.05) is 54.6 Å². The molecule has 0 N–H and O–H groups in total. The van der Waals surface area contributed by atoms with Crippen LogP contribution in [0, 0.1) is 10.1 Å². The topological polar surface area (TPSA) is 43.1 Å². The minimum atomic E-state index is -0.400. The quantitative estimate of drug-likeness (QED) is 0.468. The molecule has 0 saturated heterocycles. The van der Waals surface area contributed by atoms with Crippen LogP contribution in [0.2, 0.25) is 5.02 Å². The van der Waals surface area contributed by atoms with E-state index >= 15 is 0 Å². The molecule has 0 aliphatic carbocycles. The van der Waals surface area contributed by atoms with Gasteiger partial charge in [-0.1, -0.05) is 72.3 Å². The van der Waals surface area contributed by atoms with Crippen molar-refractivity contribution in [3.63, 3.8) is 0 Å². The van der Waals surface area contributed by atoms with Crippen molar-refractivity contribution in [2.24, 2.45) is 0 Å². The molecule has 4 heteroatoms. The summed E-state index contributed by atoms with van der Waals surface area (Å²) in [6.07, 6.45) is 0. The zero-order valence-electron chi connectivity index (χ0n) is 11.6. The standard InChI is InChI=1S/C18H12ClNO2/c19-16-11-6-12-17(20(21)22)18(16)15-10-5-4-9-14(15)13-7-2-1-3-8-13/h1-12H. The number of nitro groups is 1. The van der Waals surface area contributed by atoms with Gasteiger partial charge in [0.1, 0.15) is 0 Å². The molecule has 0 aliphatic rings. The van der Waals surface area contributed by atoms with E-state index in [0.29, 0.717) is 10.6 Å². The first-order chi connectivity index (χ1) is 10.7. The van der Waals surface area contributed by atoms with E-state index in [-0.39, 0.29) is 5.69 Å². The number of nitrogens with zero attached hydrogens (tertiary/aromatic N) is 1. The largest absolute Gasteiger partial charge is 0.278 e. The Morgan fingerprint density at radius 1 is 0.773 bits per heavy atom. The van der Waals surface area contributed by atoms with Gasteiger partial charge in [0, 0.05) is 6.07 Å². The van der Waals surface area contributed by atoms with Gasteiger partial charge in [-0.25, -0.2) is 0 Å². The zero-order chi connectivity index (χ0) is 15.5. The van der Waals surface area contributed by atoms with Crippen LogP contribution in [-0.2, 0) is 0 Å². The van der Waals surface area contributed by atoms with Crippen LogP contribution in [0.5, 0.6) is 0 Å². The van der Waals surface area contributed by atoms with Crippen molar-refractivity contribution < 1.29 is 4.92 Å². The minimum Gasteiger partial charge on any atom is -0.258 e. The zero-order valence-corrected chi connectivity index (χ0v) is 12.3. The Labute approximate surface area is 133 Å². The molecule has 0 bridgehead atoms. The van der Waals surface area contributed by atoms with Gasteiger partial charge in [-0.2, -0.15) is 0 Å². The Morgan fingerprint density at radius 2 is 1.41 bits per heavy atom. The highest BCUT2D eigenvalue weighted by Gasteiger charge is 2.20. The van der Waals surface area contributed by atoms with E-state index < -0.39 is 4.92 Å². The van der Waals surface area contributed by atoms with Crippen molar-refractivity contribution in [3.05, 3.63) is 87.9 Å². The molecule has 0 spiro atoms.